The van der Waals surface area contributed by atoms with Crippen LogP contribution >= 0.6 is 35.6 Å². The minimum absolute atomic E-state index is 0. The van der Waals surface area contributed by atoms with E-state index in [9.17, 15) is 17.6 Å². The lowest BCUT2D eigenvalue weighted by atomic mass is 10.0. The molecule has 1 heterocycles. The van der Waals surface area contributed by atoms with E-state index in [2.05, 4.69) is 5.32 Å². The van der Waals surface area contributed by atoms with Gasteiger partial charge in [0.2, 0.25) is 0 Å². The molecule has 0 aliphatic carbocycles. The van der Waals surface area contributed by atoms with Crippen LogP contribution in [0.4, 0.5) is 17.6 Å². The molecule has 21 heavy (non-hydrogen) atoms. The van der Waals surface area contributed by atoms with Crippen LogP contribution in [0.1, 0.15) is 11.6 Å². The molecule has 1 atom stereocenters. The molecule has 0 spiro atoms. The van der Waals surface area contributed by atoms with Crippen molar-refractivity contribution in [1.29, 1.82) is 0 Å². The molecule has 0 unspecified atom stereocenters. The summed E-state index contributed by atoms with van der Waals surface area (Å²) < 4.78 is 54.1. The Balaban J connectivity index is 0.00000220. The first-order valence-corrected chi connectivity index (χ1v) is 6.73. The van der Waals surface area contributed by atoms with Crippen LogP contribution in [-0.4, -0.2) is 37.3 Å². The van der Waals surface area contributed by atoms with Crippen LogP contribution in [0.3, 0.4) is 0 Å². The van der Waals surface area contributed by atoms with E-state index in [1.807, 2.05) is 0 Å². The summed E-state index contributed by atoms with van der Waals surface area (Å²) in [5, 5.41) is 2.31. The van der Waals surface area contributed by atoms with E-state index < -0.39 is 23.6 Å². The van der Waals surface area contributed by atoms with E-state index in [1.165, 1.54) is 6.07 Å². The molecular formula is C12H13Cl3F4N2. The van der Waals surface area contributed by atoms with E-state index in [1.54, 1.807) is 0 Å². The molecule has 2 nitrogen and oxygen atoms in total. The standard InChI is InChI=1S/C12H12Cl2F4N2.ClH/c13-7-1-2-8(14)10(15)9(7)11(12(16,17)18)20-5-3-19-4-6-20;/h1-2,11,19H,3-6H2;1H/t11-;/m0./s1. The van der Waals surface area contributed by atoms with Crippen LogP contribution in [0, 0.1) is 5.82 Å². The van der Waals surface area contributed by atoms with Crippen LogP contribution in [0.25, 0.3) is 0 Å². The van der Waals surface area contributed by atoms with E-state index in [4.69, 9.17) is 23.2 Å². The maximum atomic E-state index is 14.0. The van der Waals surface area contributed by atoms with Gasteiger partial charge in [-0.25, -0.2) is 4.39 Å². The lowest BCUT2D eigenvalue weighted by molar-refractivity contribution is -0.188. The average Bonchev–Trinajstić information content (AvgIpc) is 2.39. The Hall–Kier alpha value is -0.270. The highest BCUT2D eigenvalue weighted by molar-refractivity contribution is 6.33. The summed E-state index contributed by atoms with van der Waals surface area (Å²) in [6.07, 6.45) is -4.63. The van der Waals surface area contributed by atoms with Crippen molar-refractivity contribution in [3.63, 3.8) is 0 Å². The van der Waals surface area contributed by atoms with Gasteiger partial charge < -0.3 is 5.32 Å². The van der Waals surface area contributed by atoms with E-state index in [0.29, 0.717) is 13.1 Å². The number of alkyl halides is 3. The number of nitrogens with zero attached hydrogens (tertiary/aromatic N) is 1. The Labute approximate surface area is 135 Å². The zero-order chi connectivity index (χ0) is 14.9. The van der Waals surface area contributed by atoms with E-state index >= 15 is 0 Å². The van der Waals surface area contributed by atoms with Crippen LogP contribution in [0.15, 0.2) is 12.1 Å². The first-order chi connectivity index (χ1) is 9.32. The van der Waals surface area contributed by atoms with Crippen molar-refractivity contribution in [3.8, 4) is 0 Å². The maximum absolute atomic E-state index is 14.0. The lowest BCUT2D eigenvalue weighted by Crippen LogP contribution is -2.49. The van der Waals surface area contributed by atoms with Crippen molar-refractivity contribution >= 4 is 35.6 Å². The van der Waals surface area contributed by atoms with E-state index in [0.717, 1.165) is 11.0 Å². The highest BCUT2D eigenvalue weighted by Crippen LogP contribution is 2.43. The molecule has 0 bridgehead atoms. The van der Waals surface area contributed by atoms with Crippen molar-refractivity contribution < 1.29 is 17.6 Å². The molecule has 1 aromatic carbocycles. The second-order valence-corrected chi connectivity index (χ2v) is 5.30. The molecule has 1 N–H and O–H groups in total. The maximum Gasteiger partial charge on any atom is 0.408 e. The Morgan fingerprint density at radius 1 is 1.10 bits per heavy atom. The summed E-state index contributed by atoms with van der Waals surface area (Å²) in [5.41, 5.74) is -0.603. The molecule has 1 aliphatic rings. The number of halogens is 7. The summed E-state index contributed by atoms with van der Waals surface area (Å²) in [7, 11) is 0. The number of piperazine rings is 1. The molecule has 9 heteroatoms. The third kappa shape index (κ3) is 4.13. The second-order valence-electron chi connectivity index (χ2n) is 4.49. The number of hydrogen-bond donors (Lipinski definition) is 1. The van der Waals surface area contributed by atoms with Crippen molar-refractivity contribution in [2.45, 2.75) is 12.2 Å². The number of hydrogen-bond acceptors (Lipinski definition) is 2. The number of benzene rings is 1. The van der Waals surface area contributed by atoms with Gasteiger partial charge >= 0.3 is 6.18 Å². The van der Waals surface area contributed by atoms with Crippen molar-refractivity contribution in [2.75, 3.05) is 26.2 Å². The predicted octanol–water partition coefficient (Wildman–Crippen LogP) is 4.06. The van der Waals surface area contributed by atoms with Crippen molar-refractivity contribution in [2.24, 2.45) is 0 Å². The second kappa shape index (κ2) is 7.33. The monoisotopic (exact) mass is 366 g/mol. The fourth-order valence-electron chi connectivity index (χ4n) is 2.29. The zero-order valence-electron chi connectivity index (χ0n) is 10.7. The Morgan fingerprint density at radius 3 is 2.14 bits per heavy atom. The first kappa shape index (κ1) is 18.8. The van der Waals surface area contributed by atoms with Crippen LogP contribution < -0.4 is 5.32 Å². The molecular weight excluding hydrogens is 354 g/mol. The first-order valence-electron chi connectivity index (χ1n) is 5.97. The van der Waals surface area contributed by atoms with Gasteiger partial charge in [0.05, 0.1) is 5.02 Å². The summed E-state index contributed by atoms with van der Waals surface area (Å²) >= 11 is 11.4. The zero-order valence-corrected chi connectivity index (χ0v) is 13.0. The third-order valence-corrected chi connectivity index (χ3v) is 3.80. The van der Waals surface area contributed by atoms with Gasteiger partial charge in [0.15, 0.2) is 0 Å². The molecule has 1 saturated heterocycles. The largest absolute Gasteiger partial charge is 0.408 e. The molecule has 1 aliphatic heterocycles. The lowest BCUT2D eigenvalue weighted by Gasteiger charge is -2.36. The summed E-state index contributed by atoms with van der Waals surface area (Å²) in [6, 6.07) is 0.243. The topological polar surface area (TPSA) is 15.3 Å². The summed E-state index contributed by atoms with van der Waals surface area (Å²) in [4.78, 5) is 1.16. The van der Waals surface area contributed by atoms with Gasteiger partial charge in [0.25, 0.3) is 0 Å². The smallest absolute Gasteiger partial charge is 0.314 e. The fourth-order valence-corrected chi connectivity index (χ4v) is 2.70. The van der Waals surface area contributed by atoms with Crippen LogP contribution in [0.5, 0.6) is 0 Å². The molecule has 1 aromatic rings. The minimum atomic E-state index is -4.63. The highest BCUT2D eigenvalue weighted by atomic mass is 35.5. The minimum Gasteiger partial charge on any atom is -0.314 e. The van der Waals surface area contributed by atoms with Crippen molar-refractivity contribution in [1.82, 2.24) is 10.2 Å². The summed E-state index contributed by atoms with van der Waals surface area (Å²) in [5.74, 6) is -1.11. The third-order valence-electron chi connectivity index (χ3n) is 3.18. The number of nitrogens with one attached hydrogen (secondary N) is 1. The van der Waals surface area contributed by atoms with Gasteiger partial charge in [0, 0.05) is 36.8 Å². The molecule has 0 radical (unpaired) electrons. The number of rotatable bonds is 2. The quantitative estimate of drug-likeness (QED) is 0.626. The van der Waals surface area contributed by atoms with Gasteiger partial charge in [-0.1, -0.05) is 23.2 Å². The summed E-state index contributed by atoms with van der Waals surface area (Å²) in [6.45, 7) is 1.14. The van der Waals surface area contributed by atoms with Crippen LogP contribution in [0.2, 0.25) is 10.0 Å². The van der Waals surface area contributed by atoms with Gasteiger partial charge in [-0.15, -0.1) is 12.4 Å². The van der Waals surface area contributed by atoms with E-state index in [-0.39, 0.29) is 35.5 Å². The van der Waals surface area contributed by atoms with Crippen molar-refractivity contribution in [3.05, 3.63) is 33.6 Å². The SMILES string of the molecule is Cl.Fc1c(Cl)ccc(Cl)c1[C@H](N1CCNCC1)C(F)(F)F. The van der Waals surface area contributed by atoms with Gasteiger partial charge in [0.1, 0.15) is 11.9 Å². The van der Waals surface area contributed by atoms with Gasteiger partial charge in [-0.3, -0.25) is 4.90 Å². The Bertz CT molecular complexity index is 490. The highest BCUT2D eigenvalue weighted by Gasteiger charge is 2.47. The molecule has 120 valence electrons. The van der Waals surface area contributed by atoms with Gasteiger partial charge in [-0.2, -0.15) is 13.2 Å². The molecule has 2 rings (SSSR count). The van der Waals surface area contributed by atoms with Crippen LogP contribution in [-0.2, 0) is 0 Å². The molecule has 1 fully saturated rings. The van der Waals surface area contributed by atoms with Gasteiger partial charge in [-0.05, 0) is 12.1 Å². The molecule has 0 saturated carbocycles. The Kier molecular flexibility index (Phi) is 6.55. The Morgan fingerprint density at radius 2 is 1.62 bits per heavy atom. The molecule has 0 amide bonds. The fraction of sp³-hybridized carbons (Fsp3) is 0.500. The average molecular weight is 368 g/mol. The normalized spacial score (nSPS) is 18.2. The predicted molar refractivity (Wildman–Crippen MR) is 76.9 cm³/mol. The molecule has 0 aromatic heterocycles.